The summed E-state index contributed by atoms with van der Waals surface area (Å²) in [4.78, 5) is 27.1. The zero-order valence-electron chi connectivity index (χ0n) is 13.1. The molecule has 6 nitrogen and oxygen atoms in total. The fraction of sp³-hybridized carbons (Fsp3) is 0.111. The number of nitrogens with one attached hydrogen (secondary N) is 2. The summed E-state index contributed by atoms with van der Waals surface area (Å²) in [6, 6.07) is 14.1. The predicted octanol–water partition coefficient (Wildman–Crippen LogP) is 2.49. The molecule has 0 aliphatic rings. The monoisotopic (exact) mass is 323 g/mol. The molecule has 0 aliphatic heterocycles. The molecular formula is C18H17N3O3. The number of aromatic amines is 1. The number of benzene rings is 2. The average molecular weight is 323 g/mol. The number of hydrogen-bond donors (Lipinski definition) is 3. The molecule has 0 aliphatic carbocycles. The van der Waals surface area contributed by atoms with E-state index in [0.717, 1.165) is 11.1 Å². The molecule has 0 spiro atoms. The molecule has 0 saturated carbocycles. The van der Waals surface area contributed by atoms with Crippen molar-refractivity contribution in [1.82, 2.24) is 9.55 Å². The number of rotatable bonds is 4. The normalized spacial score (nSPS) is 10.5. The molecule has 1 heterocycles. The lowest BCUT2D eigenvalue weighted by atomic mass is 10.2. The van der Waals surface area contributed by atoms with Crippen molar-refractivity contribution in [2.75, 3.05) is 5.32 Å². The van der Waals surface area contributed by atoms with Gasteiger partial charge in [-0.1, -0.05) is 30.3 Å². The highest BCUT2D eigenvalue weighted by Gasteiger charge is 2.15. The number of carbonyl (C=O) groups is 1. The molecule has 0 saturated heterocycles. The Labute approximate surface area is 138 Å². The molecule has 2 aromatic carbocycles. The number of phenols is 1. The third-order valence-corrected chi connectivity index (χ3v) is 3.74. The van der Waals surface area contributed by atoms with E-state index in [1.165, 1.54) is 16.8 Å². The first-order valence-electron chi connectivity index (χ1n) is 7.47. The Morgan fingerprint density at radius 3 is 2.67 bits per heavy atom. The molecule has 3 N–H and O–H groups in total. The van der Waals surface area contributed by atoms with Crippen LogP contribution in [0.25, 0.3) is 0 Å². The maximum Gasteiger partial charge on any atom is 0.326 e. The van der Waals surface area contributed by atoms with Crippen LogP contribution in [0, 0.1) is 6.92 Å². The minimum Gasteiger partial charge on any atom is -0.508 e. The fourth-order valence-electron chi connectivity index (χ4n) is 2.48. The number of aromatic nitrogens is 2. The lowest BCUT2D eigenvalue weighted by Gasteiger charge is -2.10. The highest BCUT2D eigenvalue weighted by atomic mass is 16.3. The number of imidazole rings is 1. The van der Waals surface area contributed by atoms with Crippen molar-refractivity contribution >= 4 is 11.6 Å². The van der Waals surface area contributed by atoms with Gasteiger partial charge in [-0.2, -0.15) is 0 Å². The van der Waals surface area contributed by atoms with Crippen molar-refractivity contribution in [2.24, 2.45) is 0 Å². The van der Waals surface area contributed by atoms with Crippen LogP contribution in [0.3, 0.4) is 0 Å². The molecule has 0 atom stereocenters. The molecule has 0 unspecified atom stereocenters. The van der Waals surface area contributed by atoms with E-state index in [0.29, 0.717) is 12.2 Å². The summed E-state index contributed by atoms with van der Waals surface area (Å²) in [6.07, 6.45) is 1.40. The third kappa shape index (κ3) is 3.22. The Kier molecular flexibility index (Phi) is 4.20. The molecule has 6 heteroatoms. The number of aryl methyl sites for hydroxylation is 1. The maximum atomic E-state index is 12.5. The van der Waals surface area contributed by atoms with Gasteiger partial charge in [-0.15, -0.1) is 0 Å². The molecule has 1 amide bonds. The highest BCUT2D eigenvalue weighted by molar-refractivity contribution is 6.03. The molecular weight excluding hydrogens is 306 g/mol. The van der Waals surface area contributed by atoms with Crippen molar-refractivity contribution in [3.05, 3.63) is 82.0 Å². The summed E-state index contributed by atoms with van der Waals surface area (Å²) in [6.45, 7) is 2.09. The van der Waals surface area contributed by atoms with Crippen LogP contribution in [0.1, 0.15) is 21.6 Å². The Hall–Kier alpha value is -3.28. The van der Waals surface area contributed by atoms with Gasteiger partial charge < -0.3 is 15.4 Å². The number of phenolic OH excluding ortho intramolecular Hbond substituents is 1. The first-order chi connectivity index (χ1) is 11.5. The number of nitrogens with zero attached hydrogens (tertiary/aromatic N) is 1. The standard InChI is InChI=1S/C18H17N3O3/c1-12-9-14(22)7-8-15(12)20-17(23)16-10-19-18(24)21(16)11-13-5-3-2-4-6-13/h2-10,22H,11H2,1H3,(H,19,24)(H,20,23). The summed E-state index contributed by atoms with van der Waals surface area (Å²) in [7, 11) is 0. The van der Waals surface area contributed by atoms with E-state index in [2.05, 4.69) is 10.3 Å². The number of H-pyrrole nitrogens is 1. The number of aromatic hydroxyl groups is 1. The number of amides is 1. The second kappa shape index (κ2) is 6.45. The van der Waals surface area contributed by atoms with Crippen molar-refractivity contribution in [3.63, 3.8) is 0 Å². The van der Waals surface area contributed by atoms with Gasteiger partial charge in [0.25, 0.3) is 5.91 Å². The average Bonchev–Trinajstić information content (AvgIpc) is 2.92. The molecule has 0 fully saturated rings. The summed E-state index contributed by atoms with van der Waals surface area (Å²) >= 11 is 0. The van der Waals surface area contributed by atoms with E-state index in [1.807, 2.05) is 30.3 Å². The predicted molar refractivity (Wildman–Crippen MR) is 91.4 cm³/mol. The van der Waals surface area contributed by atoms with Gasteiger partial charge in [-0.05, 0) is 36.2 Å². The van der Waals surface area contributed by atoms with Crippen LogP contribution in [0.2, 0.25) is 0 Å². The zero-order valence-corrected chi connectivity index (χ0v) is 13.1. The quantitative estimate of drug-likeness (QED) is 0.645. The largest absolute Gasteiger partial charge is 0.508 e. The summed E-state index contributed by atoms with van der Waals surface area (Å²) in [5, 5.41) is 12.2. The Balaban J connectivity index is 1.87. The van der Waals surface area contributed by atoms with Gasteiger partial charge >= 0.3 is 5.69 Å². The van der Waals surface area contributed by atoms with E-state index in [9.17, 15) is 14.7 Å². The lowest BCUT2D eigenvalue weighted by Crippen LogP contribution is -2.24. The van der Waals surface area contributed by atoms with E-state index in [-0.39, 0.29) is 17.1 Å². The van der Waals surface area contributed by atoms with Crippen LogP contribution in [0.15, 0.2) is 59.5 Å². The molecule has 0 bridgehead atoms. The second-order valence-corrected chi connectivity index (χ2v) is 5.50. The molecule has 24 heavy (non-hydrogen) atoms. The third-order valence-electron chi connectivity index (χ3n) is 3.74. The van der Waals surface area contributed by atoms with Crippen molar-refractivity contribution in [3.8, 4) is 5.75 Å². The SMILES string of the molecule is Cc1cc(O)ccc1NC(=O)c1c[nH]c(=O)n1Cc1ccccc1. The summed E-state index contributed by atoms with van der Waals surface area (Å²) in [5.74, 6) is -0.258. The number of carbonyl (C=O) groups excluding carboxylic acids is 1. The first-order valence-corrected chi connectivity index (χ1v) is 7.47. The fourth-order valence-corrected chi connectivity index (χ4v) is 2.48. The van der Waals surface area contributed by atoms with Crippen LogP contribution < -0.4 is 11.0 Å². The maximum absolute atomic E-state index is 12.5. The number of hydrogen-bond acceptors (Lipinski definition) is 3. The first kappa shape index (κ1) is 15.6. The molecule has 3 aromatic rings. The van der Waals surface area contributed by atoms with Gasteiger partial charge in [0.2, 0.25) is 0 Å². The topological polar surface area (TPSA) is 87.1 Å². The van der Waals surface area contributed by atoms with Crippen LogP contribution in [-0.4, -0.2) is 20.6 Å². The van der Waals surface area contributed by atoms with E-state index >= 15 is 0 Å². The van der Waals surface area contributed by atoms with Crippen molar-refractivity contribution < 1.29 is 9.90 Å². The highest BCUT2D eigenvalue weighted by Crippen LogP contribution is 2.20. The van der Waals surface area contributed by atoms with Crippen LogP contribution >= 0.6 is 0 Å². The van der Waals surface area contributed by atoms with E-state index < -0.39 is 5.91 Å². The van der Waals surface area contributed by atoms with Gasteiger partial charge in [0, 0.05) is 11.9 Å². The summed E-state index contributed by atoms with van der Waals surface area (Å²) in [5.41, 5.74) is 2.14. The number of anilines is 1. The van der Waals surface area contributed by atoms with Crippen molar-refractivity contribution in [1.29, 1.82) is 0 Å². The molecule has 122 valence electrons. The Morgan fingerprint density at radius 1 is 1.21 bits per heavy atom. The van der Waals surface area contributed by atoms with Gasteiger partial charge in [-0.3, -0.25) is 9.36 Å². The summed E-state index contributed by atoms with van der Waals surface area (Å²) < 4.78 is 1.39. The minimum atomic E-state index is -0.391. The Morgan fingerprint density at radius 2 is 1.96 bits per heavy atom. The van der Waals surface area contributed by atoms with E-state index in [4.69, 9.17) is 0 Å². The zero-order chi connectivity index (χ0) is 17.1. The smallest absolute Gasteiger partial charge is 0.326 e. The van der Waals surface area contributed by atoms with Gasteiger partial charge in [0.1, 0.15) is 11.4 Å². The molecule has 0 radical (unpaired) electrons. The van der Waals surface area contributed by atoms with Gasteiger partial charge in [0.05, 0.1) is 6.54 Å². The van der Waals surface area contributed by atoms with E-state index in [1.54, 1.807) is 19.1 Å². The van der Waals surface area contributed by atoms with Crippen molar-refractivity contribution in [2.45, 2.75) is 13.5 Å². The lowest BCUT2D eigenvalue weighted by molar-refractivity contribution is 0.101. The van der Waals surface area contributed by atoms with Crippen LogP contribution in [0.5, 0.6) is 5.75 Å². The Bertz CT molecular complexity index is 926. The minimum absolute atomic E-state index is 0.133. The van der Waals surface area contributed by atoms with Crippen LogP contribution in [-0.2, 0) is 6.54 Å². The molecule has 1 aromatic heterocycles. The van der Waals surface area contributed by atoms with Gasteiger partial charge in [-0.25, -0.2) is 4.79 Å². The second-order valence-electron chi connectivity index (χ2n) is 5.50. The van der Waals surface area contributed by atoms with Crippen LogP contribution in [0.4, 0.5) is 5.69 Å². The molecule has 3 rings (SSSR count). The van der Waals surface area contributed by atoms with Gasteiger partial charge in [0.15, 0.2) is 0 Å².